The number of ether oxygens (including phenoxy) is 1. The first-order valence-electron chi connectivity index (χ1n) is 11.2. The van der Waals surface area contributed by atoms with Gasteiger partial charge in [-0.25, -0.2) is 0 Å². The fraction of sp³-hybridized carbons (Fsp3) is 1.00. The zero-order valence-corrected chi connectivity index (χ0v) is 19.5. The molecule has 0 radical (unpaired) electrons. The van der Waals surface area contributed by atoms with Crippen molar-refractivity contribution in [1.82, 2.24) is 0 Å². The summed E-state index contributed by atoms with van der Waals surface area (Å²) in [5.41, 5.74) is 0. The van der Waals surface area contributed by atoms with Crippen molar-refractivity contribution in [3.8, 4) is 0 Å². The average molecular weight is 430 g/mol. The third-order valence-electron chi connectivity index (χ3n) is 4.91. The summed E-state index contributed by atoms with van der Waals surface area (Å²) in [7, 11) is 0. The molecule has 158 valence electrons. The topological polar surface area (TPSA) is 9.23 Å². The van der Waals surface area contributed by atoms with E-state index in [4.69, 9.17) is 39.5 Å². The lowest BCUT2D eigenvalue weighted by Gasteiger charge is -2.10. The van der Waals surface area contributed by atoms with E-state index in [1.54, 1.807) is 0 Å². The lowest BCUT2D eigenvalue weighted by atomic mass is 10.0. The highest BCUT2D eigenvalue weighted by molar-refractivity contribution is 6.67. The second kappa shape index (κ2) is 20.6. The summed E-state index contributed by atoms with van der Waals surface area (Å²) in [5, 5.41) is 0. The Morgan fingerprint density at radius 1 is 0.500 bits per heavy atom. The minimum atomic E-state index is -1.27. The van der Waals surface area contributed by atoms with E-state index >= 15 is 0 Å². The van der Waals surface area contributed by atoms with E-state index in [0.717, 1.165) is 6.42 Å². The van der Waals surface area contributed by atoms with Crippen molar-refractivity contribution in [2.45, 2.75) is 126 Å². The number of unbranched alkanes of at least 4 members (excludes halogenated alkanes) is 17. The lowest BCUT2D eigenvalue weighted by molar-refractivity contribution is 0.134. The summed E-state index contributed by atoms with van der Waals surface area (Å²) in [5.74, 6) is 0. The van der Waals surface area contributed by atoms with Gasteiger partial charge in [0.15, 0.2) is 0 Å². The molecule has 0 fully saturated rings. The molecule has 0 aromatic heterocycles. The van der Waals surface area contributed by atoms with E-state index in [1.807, 2.05) is 0 Å². The second-order valence-corrected chi connectivity index (χ2v) is 10.2. The first kappa shape index (κ1) is 26.8. The van der Waals surface area contributed by atoms with Crippen LogP contribution < -0.4 is 0 Å². The first-order valence-corrected chi connectivity index (χ1v) is 12.3. The number of hydrogen-bond donors (Lipinski definition) is 0. The maximum absolute atomic E-state index is 5.63. The van der Waals surface area contributed by atoms with Crippen molar-refractivity contribution in [2.75, 3.05) is 13.2 Å². The van der Waals surface area contributed by atoms with Gasteiger partial charge in [0.1, 0.15) is 0 Å². The molecule has 4 heteroatoms. The van der Waals surface area contributed by atoms with Crippen molar-refractivity contribution in [2.24, 2.45) is 0 Å². The summed E-state index contributed by atoms with van der Waals surface area (Å²) in [6.45, 7) is 3.18. The molecule has 0 aromatic rings. The Morgan fingerprint density at radius 2 is 0.808 bits per heavy atom. The van der Waals surface area contributed by atoms with Crippen LogP contribution in [-0.2, 0) is 4.74 Å². The highest BCUT2D eigenvalue weighted by atomic mass is 35.6. The van der Waals surface area contributed by atoms with Gasteiger partial charge in [-0.15, -0.1) is 0 Å². The molecule has 0 saturated heterocycles. The summed E-state index contributed by atoms with van der Waals surface area (Å²) < 4.78 is 4.06. The van der Waals surface area contributed by atoms with Crippen molar-refractivity contribution < 1.29 is 4.74 Å². The normalized spacial score (nSPS) is 12.0. The molecule has 0 saturated carbocycles. The molecule has 0 unspecified atom stereocenters. The smallest absolute Gasteiger partial charge is 0.213 e. The van der Waals surface area contributed by atoms with Crippen LogP contribution in [0.1, 0.15) is 122 Å². The summed E-state index contributed by atoms with van der Waals surface area (Å²) >= 11 is 16.9. The molecule has 0 heterocycles. The molecule has 0 aromatic carbocycles. The van der Waals surface area contributed by atoms with Crippen molar-refractivity contribution >= 4 is 34.8 Å². The van der Waals surface area contributed by atoms with E-state index in [0.29, 0.717) is 6.61 Å². The van der Waals surface area contributed by atoms with Gasteiger partial charge in [-0.1, -0.05) is 151 Å². The Hall–Kier alpha value is 0.830. The van der Waals surface area contributed by atoms with Crippen LogP contribution in [0.15, 0.2) is 0 Å². The molecule has 0 atom stereocenters. The molecule has 0 aliphatic rings. The number of alkyl halides is 3. The summed E-state index contributed by atoms with van der Waals surface area (Å²) in [4.78, 5) is 0. The van der Waals surface area contributed by atoms with E-state index < -0.39 is 3.79 Å². The third kappa shape index (κ3) is 24.8. The second-order valence-electron chi connectivity index (χ2n) is 7.68. The largest absolute Gasteiger partial charge is 0.377 e. The maximum atomic E-state index is 5.63. The first-order chi connectivity index (χ1) is 12.6. The van der Waals surface area contributed by atoms with Crippen molar-refractivity contribution in [3.63, 3.8) is 0 Å². The van der Waals surface area contributed by atoms with Gasteiger partial charge in [0.2, 0.25) is 3.79 Å². The predicted molar refractivity (Wildman–Crippen MR) is 120 cm³/mol. The number of rotatable bonds is 20. The van der Waals surface area contributed by atoms with Crippen molar-refractivity contribution in [1.29, 1.82) is 0 Å². The average Bonchev–Trinajstić information content (AvgIpc) is 2.59. The van der Waals surface area contributed by atoms with Crippen LogP contribution in [0.3, 0.4) is 0 Å². The van der Waals surface area contributed by atoms with Crippen LogP contribution in [0.5, 0.6) is 0 Å². The Balaban J connectivity index is 3.01. The quantitative estimate of drug-likeness (QED) is 0.138. The van der Waals surface area contributed by atoms with E-state index in [9.17, 15) is 0 Å². The molecule has 26 heavy (non-hydrogen) atoms. The molecule has 0 N–H and O–H groups in total. The van der Waals surface area contributed by atoms with Gasteiger partial charge in [-0.3, -0.25) is 0 Å². The van der Waals surface area contributed by atoms with E-state index in [1.165, 1.54) is 109 Å². The highest BCUT2D eigenvalue weighted by Gasteiger charge is 2.19. The zero-order chi connectivity index (χ0) is 19.3. The molecule has 0 amide bonds. The minimum absolute atomic E-state index is 0.191. The fourth-order valence-electron chi connectivity index (χ4n) is 3.29. The van der Waals surface area contributed by atoms with Gasteiger partial charge in [-0.05, 0) is 6.42 Å². The minimum Gasteiger partial charge on any atom is -0.377 e. The lowest BCUT2D eigenvalue weighted by Crippen LogP contribution is -2.13. The molecular weight excluding hydrogens is 387 g/mol. The summed E-state index contributed by atoms with van der Waals surface area (Å²) in [6, 6.07) is 0. The van der Waals surface area contributed by atoms with Crippen LogP contribution >= 0.6 is 34.8 Å². The van der Waals surface area contributed by atoms with Gasteiger partial charge < -0.3 is 4.74 Å². The van der Waals surface area contributed by atoms with Crippen molar-refractivity contribution in [3.05, 3.63) is 0 Å². The van der Waals surface area contributed by atoms with Crippen LogP contribution in [0, 0.1) is 0 Å². The molecule has 0 spiro atoms. The van der Waals surface area contributed by atoms with Crippen LogP contribution in [0.2, 0.25) is 0 Å². The van der Waals surface area contributed by atoms with Gasteiger partial charge in [0, 0.05) is 6.61 Å². The van der Waals surface area contributed by atoms with E-state index in [2.05, 4.69) is 6.92 Å². The van der Waals surface area contributed by atoms with Crippen LogP contribution in [-0.4, -0.2) is 17.0 Å². The maximum Gasteiger partial charge on any atom is 0.213 e. The van der Waals surface area contributed by atoms with Gasteiger partial charge in [0.05, 0.1) is 6.61 Å². The zero-order valence-electron chi connectivity index (χ0n) is 17.2. The van der Waals surface area contributed by atoms with E-state index in [-0.39, 0.29) is 6.61 Å². The number of halogens is 3. The molecular formula is C22H43Cl3O. The Kier molecular flexibility index (Phi) is 21.2. The Labute approximate surface area is 178 Å². The standard InChI is InChI=1S/C22H43Cl3O/c1-2-3-4-5-6-7-8-9-10-11-12-13-14-15-16-17-18-19-20-26-21-22(23,24)25/h2-21H2,1H3. The Bertz CT molecular complexity index is 267. The van der Waals surface area contributed by atoms with Crippen LogP contribution in [0.25, 0.3) is 0 Å². The third-order valence-corrected chi connectivity index (χ3v) is 5.24. The van der Waals surface area contributed by atoms with Gasteiger partial charge in [-0.2, -0.15) is 0 Å². The molecule has 0 rings (SSSR count). The number of hydrogen-bond acceptors (Lipinski definition) is 1. The predicted octanol–water partition coefficient (Wildman–Crippen LogP) is 9.41. The Morgan fingerprint density at radius 3 is 1.12 bits per heavy atom. The molecule has 0 bridgehead atoms. The van der Waals surface area contributed by atoms with Gasteiger partial charge >= 0.3 is 0 Å². The highest BCUT2D eigenvalue weighted by Crippen LogP contribution is 2.26. The molecule has 1 nitrogen and oxygen atoms in total. The fourth-order valence-corrected chi connectivity index (χ4v) is 3.53. The SMILES string of the molecule is CCCCCCCCCCCCCCCCCCCCOCC(Cl)(Cl)Cl. The van der Waals surface area contributed by atoms with Crippen LogP contribution in [0.4, 0.5) is 0 Å². The molecule has 0 aliphatic carbocycles. The summed E-state index contributed by atoms with van der Waals surface area (Å²) in [6.07, 6.45) is 25.0. The monoisotopic (exact) mass is 428 g/mol. The van der Waals surface area contributed by atoms with Gasteiger partial charge in [0.25, 0.3) is 0 Å². The molecule has 0 aliphatic heterocycles.